The van der Waals surface area contributed by atoms with Crippen LogP contribution >= 0.6 is 0 Å². The highest BCUT2D eigenvalue weighted by molar-refractivity contribution is 5.14. The van der Waals surface area contributed by atoms with Crippen LogP contribution in [0.5, 0.6) is 0 Å². The minimum absolute atomic E-state index is 0.0669. The summed E-state index contributed by atoms with van der Waals surface area (Å²) in [6.45, 7) is 5.49. The van der Waals surface area contributed by atoms with Gasteiger partial charge in [0, 0.05) is 37.7 Å². The van der Waals surface area contributed by atoms with E-state index in [1.807, 2.05) is 19.3 Å². The Kier molecular flexibility index (Phi) is 3.57. The molecule has 19 heavy (non-hydrogen) atoms. The van der Waals surface area contributed by atoms with E-state index in [4.69, 9.17) is 4.74 Å². The Labute approximate surface area is 112 Å². The molecule has 5 heteroatoms. The highest BCUT2D eigenvalue weighted by Crippen LogP contribution is 2.21. The zero-order chi connectivity index (χ0) is 13.1. The van der Waals surface area contributed by atoms with Crippen molar-refractivity contribution in [1.82, 2.24) is 19.9 Å². The molecule has 2 aromatic heterocycles. The molecular formula is C14H18N4O. The molecule has 1 atom stereocenters. The molecule has 100 valence electrons. The molecule has 0 amide bonds. The number of nitrogens with zero attached hydrogens (tertiary/aromatic N) is 3. The molecule has 0 saturated carbocycles. The van der Waals surface area contributed by atoms with Gasteiger partial charge >= 0.3 is 0 Å². The number of pyridine rings is 1. The first-order valence-electron chi connectivity index (χ1n) is 6.55. The van der Waals surface area contributed by atoms with E-state index in [0.717, 1.165) is 37.6 Å². The maximum atomic E-state index is 5.82. The largest absolute Gasteiger partial charge is 0.369 e. The lowest BCUT2D eigenvalue weighted by Gasteiger charge is -2.32. The summed E-state index contributed by atoms with van der Waals surface area (Å²) in [5, 5.41) is 0. The highest BCUT2D eigenvalue weighted by Gasteiger charge is 2.23. The lowest BCUT2D eigenvalue weighted by atomic mass is 10.1. The Hall–Kier alpha value is -1.72. The second-order valence-electron chi connectivity index (χ2n) is 4.93. The number of nitrogens with one attached hydrogen (secondary N) is 1. The minimum atomic E-state index is 0.0669. The number of imidazole rings is 1. The SMILES string of the molecule is Cc1ccc(C2CN(Cc3cnc[nH]3)CCO2)nc1. The van der Waals surface area contributed by atoms with Crippen LogP contribution in [0.3, 0.4) is 0 Å². The van der Waals surface area contributed by atoms with Crippen LogP contribution in [0.2, 0.25) is 0 Å². The van der Waals surface area contributed by atoms with Crippen LogP contribution in [-0.4, -0.2) is 39.5 Å². The molecule has 0 aliphatic carbocycles. The predicted octanol–water partition coefficient (Wildman–Crippen LogP) is 1.69. The number of ether oxygens (including phenoxy) is 1. The van der Waals surface area contributed by atoms with Gasteiger partial charge in [0.15, 0.2) is 0 Å². The zero-order valence-corrected chi connectivity index (χ0v) is 11.0. The van der Waals surface area contributed by atoms with Gasteiger partial charge in [0.25, 0.3) is 0 Å². The molecule has 1 N–H and O–H groups in total. The van der Waals surface area contributed by atoms with Crippen LogP contribution in [0.25, 0.3) is 0 Å². The molecule has 1 fully saturated rings. The van der Waals surface area contributed by atoms with Gasteiger partial charge < -0.3 is 9.72 Å². The second-order valence-corrected chi connectivity index (χ2v) is 4.93. The molecule has 1 unspecified atom stereocenters. The van der Waals surface area contributed by atoms with Crippen molar-refractivity contribution in [1.29, 1.82) is 0 Å². The van der Waals surface area contributed by atoms with Gasteiger partial charge in [-0.25, -0.2) is 4.98 Å². The predicted molar refractivity (Wildman–Crippen MR) is 71.5 cm³/mol. The molecule has 3 rings (SSSR count). The van der Waals surface area contributed by atoms with Gasteiger partial charge in [-0.1, -0.05) is 6.07 Å². The van der Waals surface area contributed by atoms with E-state index in [9.17, 15) is 0 Å². The zero-order valence-electron chi connectivity index (χ0n) is 11.0. The number of hydrogen-bond acceptors (Lipinski definition) is 4. The third kappa shape index (κ3) is 3.00. The van der Waals surface area contributed by atoms with E-state index in [1.165, 1.54) is 5.56 Å². The van der Waals surface area contributed by atoms with Gasteiger partial charge in [-0.05, 0) is 18.6 Å². The number of rotatable bonds is 3. The molecular weight excluding hydrogens is 240 g/mol. The van der Waals surface area contributed by atoms with Crippen LogP contribution in [0.15, 0.2) is 30.9 Å². The maximum Gasteiger partial charge on any atom is 0.112 e. The Balaban J connectivity index is 1.66. The number of aromatic amines is 1. The summed E-state index contributed by atoms with van der Waals surface area (Å²) in [6.07, 6.45) is 5.55. The quantitative estimate of drug-likeness (QED) is 0.910. The van der Waals surface area contributed by atoms with Gasteiger partial charge in [0.1, 0.15) is 6.10 Å². The second kappa shape index (κ2) is 5.50. The molecule has 0 radical (unpaired) electrons. The summed E-state index contributed by atoms with van der Waals surface area (Å²) < 4.78 is 5.82. The van der Waals surface area contributed by atoms with Crippen molar-refractivity contribution in [3.63, 3.8) is 0 Å². The van der Waals surface area contributed by atoms with Gasteiger partial charge in [-0.2, -0.15) is 0 Å². The minimum Gasteiger partial charge on any atom is -0.369 e. The van der Waals surface area contributed by atoms with Crippen LogP contribution < -0.4 is 0 Å². The number of aryl methyl sites for hydroxylation is 1. The molecule has 1 saturated heterocycles. The summed E-state index contributed by atoms with van der Waals surface area (Å²) in [6, 6.07) is 4.14. The van der Waals surface area contributed by atoms with E-state index in [-0.39, 0.29) is 6.10 Å². The smallest absolute Gasteiger partial charge is 0.112 e. The average Bonchev–Trinajstić information content (AvgIpc) is 2.93. The summed E-state index contributed by atoms with van der Waals surface area (Å²) >= 11 is 0. The third-order valence-electron chi connectivity index (χ3n) is 3.36. The lowest BCUT2D eigenvalue weighted by Crippen LogP contribution is -2.38. The fourth-order valence-electron chi connectivity index (χ4n) is 2.31. The van der Waals surface area contributed by atoms with Crippen molar-refractivity contribution >= 4 is 0 Å². The Bertz CT molecular complexity index is 509. The van der Waals surface area contributed by atoms with Gasteiger partial charge in [0.05, 0.1) is 18.6 Å². The molecule has 1 aliphatic rings. The van der Waals surface area contributed by atoms with Crippen LogP contribution in [0.4, 0.5) is 0 Å². The molecule has 1 aliphatic heterocycles. The van der Waals surface area contributed by atoms with Crippen molar-refractivity contribution in [2.24, 2.45) is 0 Å². The van der Waals surface area contributed by atoms with Gasteiger partial charge in [-0.3, -0.25) is 9.88 Å². The first-order chi connectivity index (χ1) is 9.31. The van der Waals surface area contributed by atoms with E-state index in [2.05, 4.69) is 32.0 Å². The van der Waals surface area contributed by atoms with Crippen molar-refractivity contribution < 1.29 is 4.74 Å². The van der Waals surface area contributed by atoms with E-state index >= 15 is 0 Å². The summed E-state index contributed by atoms with van der Waals surface area (Å²) in [5.74, 6) is 0. The molecule has 0 aromatic carbocycles. The summed E-state index contributed by atoms with van der Waals surface area (Å²) in [7, 11) is 0. The van der Waals surface area contributed by atoms with Crippen LogP contribution in [0.1, 0.15) is 23.1 Å². The monoisotopic (exact) mass is 258 g/mol. The maximum absolute atomic E-state index is 5.82. The summed E-state index contributed by atoms with van der Waals surface area (Å²) in [5.41, 5.74) is 3.33. The average molecular weight is 258 g/mol. The molecule has 0 spiro atoms. The van der Waals surface area contributed by atoms with Crippen molar-refractivity contribution in [2.45, 2.75) is 19.6 Å². The fourth-order valence-corrected chi connectivity index (χ4v) is 2.31. The van der Waals surface area contributed by atoms with Gasteiger partial charge in [0.2, 0.25) is 0 Å². The van der Waals surface area contributed by atoms with Crippen molar-refractivity contribution in [3.05, 3.63) is 47.8 Å². The normalized spacial score (nSPS) is 20.6. The topological polar surface area (TPSA) is 54.0 Å². The number of aromatic nitrogens is 3. The number of morpholine rings is 1. The van der Waals surface area contributed by atoms with E-state index < -0.39 is 0 Å². The van der Waals surface area contributed by atoms with Crippen molar-refractivity contribution in [3.8, 4) is 0 Å². The molecule has 3 heterocycles. The first-order valence-corrected chi connectivity index (χ1v) is 6.55. The van der Waals surface area contributed by atoms with E-state index in [1.54, 1.807) is 6.33 Å². The summed E-state index contributed by atoms with van der Waals surface area (Å²) in [4.78, 5) is 14.0. The van der Waals surface area contributed by atoms with Crippen LogP contribution in [-0.2, 0) is 11.3 Å². The Morgan fingerprint density at radius 1 is 1.42 bits per heavy atom. The Morgan fingerprint density at radius 3 is 3.11 bits per heavy atom. The lowest BCUT2D eigenvalue weighted by molar-refractivity contribution is -0.0353. The highest BCUT2D eigenvalue weighted by atomic mass is 16.5. The number of hydrogen-bond donors (Lipinski definition) is 1. The standard InChI is InChI=1S/C14H18N4O/c1-11-2-3-13(16-6-11)14-9-18(4-5-19-14)8-12-7-15-10-17-12/h2-3,6-7,10,14H,4-5,8-9H2,1H3,(H,15,17). The third-order valence-corrected chi connectivity index (χ3v) is 3.36. The Morgan fingerprint density at radius 2 is 2.37 bits per heavy atom. The van der Waals surface area contributed by atoms with Crippen LogP contribution in [0, 0.1) is 6.92 Å². The van der Waals surface area contributed by atoms with E-state index in [0.29, 0.717) is 0 Å². The molecule has 0 bridgehead atoms. The van der Waals surface area contributed by atoms with Crippen molar-refractivity contribution in [2.75, 3.05) is 19.7 Å². The molecule has 2 aromatic rings. The van der Waals surface area contributed by atoms with Gasteiger partial charge in [-0.15, -0.1) is 0 Å². The molecule has 5 nitrogen and oxygen atoms in total. The fraction of sp³-hybridized carbons (Fsp3) is 0.429. The number of H-pyrrole nitrogens is 1. The first kappa shape index (κ1) is 12.3.